The molecule has 1 aromatic heterocycles. The highest BCUT2D eigenvalue weighted by atomic mass is 32.1. The molecule has 1 amide bonds. The van der Waals surface area contributed by atoms with Gasteiger partial charge in [0.1, 0.15) is 11.6 Å². The number of carbonyl (C=O) groups excluding carboxylic acids is 3. The molecule has 0 saturated heterocycles. The van der Waals surface area contributed by atoms with Gasteiger partial charge in [-0.2, -0.15) is 0 Å². The van der Waals surface area contributed by atoms with Gasteiger partial charge in [-0.1, -0.05) is 27.7 Å². The van der Waals surface area contributed by atoms with E-state index in [1.165, 1.54) is 9.88 Å². The lowest BCUT2D eigenvalue weighted by Crippen LogP contribution is -2.57. The summed E-state index contributed by atoms with van der Waals surface area (Å²) in [6.07, 6.45) is 8.81. The second-order valence-corrected chi connectivity index (χ2v) is 15.0. The number of Topliss-reactive ketones (excluding diaryl/α,β-unsaturated/α-hetero) is 2. The van der Waals surface area contributed by atoms with Crippen molar-refractivity contribution in [3.05, 3.63) is 17.0 Å². The minimum absolute atomic E-state index is 0.0617. The second kappa shape index (κ2) is 10.4. The van der Waals surface area contributed by atoms with Gasteiger partial charge in [0, 0.05) is 50.6 Å². The largest absolute Gasteiger partial charge is 0.370 e. The molecule has 5 nitrogen and oxygen atoms in total. The van der Waals surface area contributed by atoms with Crippen LogP contribution in [0.1, 0.15) is 103 Å². The summed E-state index contributed by atoms with van der Waals surface area (Å²) >= 11 is 1.75. The average molecular weight is 541 g/mol. The van der Waals surface area contributed by atoms with Gasteiger partial charge in [0.15, 0.2) is 0 Å². The van der Waals surface area contributed by atoms with Crippen LogP contribution in [0.4, 0.5) is 5.00 Å². The predicted molar refractivity (Wildman–Crippen MR) is 154 cm³/mol. The van der Waals surface area contributed by atoms with Gasteiger partial charge in [0.2, 0.25) is 5.91 Å². The minimum atomic E-state index is 0.0617. The Morgan fingerprint density at radius 3 is 2.50 bits per heavy atom. The Bertz CT molecular complexity index is 1080. The van der Waals surface area contributed by atoms with Gasteiger partial charge in [0.05, 0.1) is 11.0 Å². The van der Waals surface area contributed by atoms with Gasteiger partial charge in [-0.25, -0.2) is 0 Å². The van der Waals surface area contributed by atoms with E-state index in [1.807, 2.05) is 0 Å². The third kappa shape index (κ3) is 4.67. The number of hydrogen-bond donors (Lipinski definition) is 1. The predicted octanol–water partition coefficient (Wildman–Crippen LogP) is 6.81. The Labute approximate surface area is 233 Å². The lowest BCUT2D eigenvalue weighted by molar-refractivity contribution is -0.159. The van der Waals surface area contributed by atoms with E-state index in [1.54, 1.807) is 11.3 Å². The monoisotopic (exact) mass is 540 g/mol. The van der Waals surface area contributed by atoms with Crippen molar-refractivity contribution < 1.29 is 14.4 Å². The van der Waals surface area contributed by atoms with Crippen LogP contribution in [0.15, 0.2) is 12.1 Å². The Hall–Kier alpha value is -1.69. The molecule has 4 aliphatic rings. The molecule has 1 heterocycles. The number of carbonyl (C=O) groups is 3. The number of amides is 1. The summed E-state index contributed by atoms with van der Waals surface area (Å²) in [6.45, 7) is 9.25. The van der Waals surface area contributed by atoms with Crippen molar-refractivity contribution >= 4 is 33.8 Å². The van der Waals surface area contributed by atoms with E-state index >= 15 is 0 Å². The number of rotatable bonds is 7. The second-order valence-electron chi connectivity index (χ2n) is 13.9. The third-order valence-electron chi connectivity index (χ3n) is 11.7. The Kier molecular flexibility index (Phi) is 7.60. The van der Waals surface area contributed by atoms with Gasteiger partial charge in [-0.05, 0) is 91.1 Å². The number of nitrogens with zero attached hydrogens (tertiary/aromatic N) is 1. The first-order valence-corrected chi connectivity index (χ1v) is 15.9. The van der Waals surface area contributed by atoms with Crippen LogP contribution in [0.2, 0.25) is 0 Å². The molecule has 0 aliphatic heterocycles. The normalized spacial score (nSPS) is 38.1. The number of fused-ring (bicyclic) bond motifs is 5. The van der Waals surface area contributed by atoms with Crippen LogP contribution in [-0.4, -0.2) is 31.6 Å². The van der Waals surface area contributed by atoms with Gasteiger partial charge in [-0.15, -0.1) is 11.3 Å². The lowest BCUT2D eigenvalue weighted by Gasteiger charge is -2.59. The minimum Gasteiger partial charge on any atom is -0.370 e. The summed E-state index contributed by atoms with van der Waals surface area (Å²) in [4.78, 5) is 42.4. The van der Waals surface area contributed by atoms with Crippen LogP contribution >= 0.6 is 11.3 Å². The number of hydrogen-bond acceptors (Lipinski definition) is 5. The smallest absolute Gasteiger partial charge is 0.220 e. The standard InChI is InChI=1S/C32H48N2O3S/c1-7-25(27-10-11-29(38-27)34(5)6)33-28(37)16-19(2)22-8-9-23-30-24(13-15-32(22,23)4)31(3)14-12-21(35)17-20(31)18-26(30)36/h10-11,19-20,22-25,30H,7-9,12-18H2,1-6H3,(H,33,37)/t19-,20+,22-,23+,24+,25-,30+,31+,32-/m1/s1. The first kappa shape index (κ1) is 27.9. The van der Waals surface area contributed by atoms with Crippen LogP contribution in [0, 0.1) is 46.3 Å². The first-order chi connectivity index (χ1) is 18.0. The molecule has 1 N–H and O–H groups in total. The number of ketones is 2. The van der Waals surface area contributed by atoms with Crippen molar-refractivity contribution in [1.29, 1.82) is 0 Å². The maximum absolute atomic E-state index is 13.6. The lowest BCUT2D eigenvalue weighted by atomic mass is 9.44. The molecular weight excluding hydrogens is 492 g/mol. The van der Waals surface area contributed by atoms with Crippen molar-refractivity contribution in [1.82, 2.24) is 5.32 Å². The molecule has 38 heavy (non-hydrogen) atoms. The number of thiophene rings is 1. The van der Waals surface area contributed by atoms with E-state index in [0.29, 0.717) is 60.9 Å². The summed E-state index contributed by atoms with van der Waals surface area (Å²) in [5.74, 6) is 3.00. The van der Waals surface area contributed by atoms with E-state index in [4.69, 9.17) is 0 Å². The number of anilines is 1. The van der Waals surface area contributed by atoms with E-state index in [9.17, 15) is 14.4 Å². The maximum Gasteiger partial charge on any atom is 0.220 e. The van der Waals surface area contributed by atoms with Crippen LogP contribution in [0.25, 0.3) is 0 Å². The zero-order valence-electron chi connectivity index (χ0n) is 24.3. The topological polar surface area (TPSA) is 66.5 Å². The highest BCUT2D eigenvalue weighted by Gasteiger charge is 2.63. The fourth-order valence-electron chi connectivity index (χ4n) is 9.53. The molecule has 0 bridgehead atoms. The Balaban J connectivity index is 1.26. The van der Waals surface area contributed by atoms with Crippen molar-refractivity contribution in [2.24, 2.45) is 46.3 Å². The molecule has 0 radical (unpaired) electrons. The summed E-state index contributed by atoms with van der Waals surface area (Å²) in [6, 6.07) is 4.34. The fourth-order valence-corrected chi connectivity index (χ4v) is 10.6. The first-order valence-electron chi connectivity index (χ1n) is 15.1. The molecule has 4 fully saturated rings. The van der Waals surface area contributed by atoms with Crippen LogP contribution in [0.3, 0.4) is 0 Å². The molecular formula is C32H48N2O3S. The van der Waals surface area contributed by atoms with E-state index in [2.05, 4.69) is 64.1 Å². The van der Waals surface area contributed by atoms with Crippen molar-refractivity contribution in [3.63, 3.8) is 0 Å². The molecule has 6 heteroatoms. The summed E-state index contributed by atoms with van der Waals surface area (Å²) in [5.41, 5.74) is 0.267. The molecule has 210 valence electrons. The van der Waals surface area contributed by atoms with E-state index < -0.39 is 0 Å². The molecule has 0 aromatic carbocycles. The molecule has 4 saturated carbocycles. The highest BCUT2D eigenvalue weighted by molar-refractivity contribution is 7.16. The molecule has 1 aromatic rings. The van der Waals surface area contributed by atoms with Crippen LogP contribution in [-0.2, 0) is 14.4 Å². The SMILES string of the molecule is CC[C@@H](NC(=O)C[C@@H](C)[C@H]1CC[C@H]2[C@@H]3C(=O)C[C@@H]4CC(=O)CC[C@]4(C)[C@H]3CC[C@]12C)c1ccc(N(C)C)s1. The van der Waals surface area contributed by atoms with Crippen LogP contribution in [0.5, 0.6) is 0 Å². The van der Waals surface area contributed by atoms with Gasteiger partial charge < -0.3 is 10.2 Å². The van der Waals surface area contributed by atoms with Gasteiger partial charge in [0.25, 0.3) is 0 Å². The summed E-state index contributed by atoms with van der Waals surface area (Å²) < 4.78 is 0. The molecule has 4 aliphatic carbocycles. The molecule has 5 rings (SSSR count). The summed E-state index contributed by atoms with van der Waals surface area (Å²) in [5, 5.41) is 4.54. The fraction of sp³-hybridized carbons (Fsp3) is 0.781. The maximum atomic E-state index is 13.6. The van der Waals surface area contributed by atoms with E-state index in [-0.39, 0.29) is 34.6 Å². The highest BCUT2D eigenvalue weighted by Crippen LogP contribution is 2.67. The van der Waals surface area contributed by atoms with Crippen molar-refractivity contribution in [2.75, 3.05) is 19.0 Å². The molecule has 0 unspecified atom stereocenters. The zero-order chi connectivity index (χ0) is 27.4. The van der Waals surface area contributed by atoms with Gasteiger partial charge in [-0.3, -0.25) is 14.4 Å². The molecule has 9 atom stereocenters. The number of nitrogens with one attached hydrogen (secondary N) is 1. The van der Waals surface area contributed by atoms with Crippen LogP contribution < -0.4 is 10.2 Å². The molecule has 0 spiro atoms. The summed E-state index contributed by atoms with van der Waals surface area (Å²) in [7, 11) is 4.10. The average Bonchev–Trinajstić information content (AvgIpc) is 3.48. The quantitative estimate of drug-likeness (QED) is 0.412. The Morgan fingerprint density at radius 2 is 1.82 bits per heavy atom. The van der Waals surface area contributed by atoms with Crippen molar-refractivity contribution in [2.45, 2.75) is 97.9 Å². The zero-order valence-corrected chi connectivity index (χ0v) is 25.2. The van der Waals surface area contributed by atoms with Crippen molar-refractivity contribution in [3.8, 4) is 0 Å². The van der Waals surface area contributed by atoms with E-state index in [0.717, 1.165) is 38.5 Å². The third-order valence-corrected chi connectivity index (χ3v) is 13.1. The van der Waals surface area contributed by atoms with Gasteiger partial charge >= 0.3 is 0 Å². The Morgan fingerprint density at radius 1 is 1.08 bits per heavy atom.